The highest BCUT2D eigenvalue weighted by molar-refractivity contribution is 5.97. The molecule has 1 aromatic carbocycles. The van der Waals surface area contributed by atoms with Crippen LogP contribution in [-0.2, 0) is 4.79 Å². The van der Waals surface area contributed by atoms with Crippen molar-refractivity contribution < 1.29 is 19.4 Å². The maximum atomic E-state index is 12.7. The normalized spacial score (nSPS) is 19.0. The molecule has 0 aromatic heterocycles. The number of amides is 1. The molecule has 1 fully saturated rings. The predicted octanol–water partition coefficient (Wildman–Crippen LogP) is 2.47. The fraction of sp³-hybridized carbons (Fsp3) is 0.500. The quantitative estimate of drug-likeness (QED) is 0.929. The number of nitrogens with zero attached hydrogens (tertiary/aromatic N) is 1. The Balaban J connectivity index is 2.29. The molecule has 0 aliphatic carbocycles. The van der Waals surface area contributed by atoms with Crippen LogP contribution >= 0.6 is 0 Å². The average molecular weight is 291 g/mol. The molecule has 1 N–H and O–H groups in total. The van der Waals surface area contributed by atoms with E-state index in [0.29, 0.717) is 24.3 Å². The van der Waals surface area contributed by atoms with Gasteiger partial charge < -0.3 is 14.7 Å². The Morgan fingerprint density at radius 1 is 1.29 bits per heavy atom. The second kappa shape index (κ2) is 6.61. The maximum absolute atomic E-state index is 12.7. The Bertz CT molecular complexity index is 541. The second-order valence-electron chi connectivity index (χ2n) is 5.39. The van der Waals surface area contributed by atoms with E-state index in [2.05, 4.69) is 0 Å². The Morgan fingerprint density at radius 3 is 2.71 bits per heavy atom. The van der Waals surface area contributed by atoms with Gasteiger partial charge >= 0.3 is 5.97 Å². The molecule has 2 rings (SSSR count). The number of aryl methyl sites for hydroxylation is 1. The highest BCUT2D eigenvalue weighted by Gasteiger charge is 2.31. The molecule has 1 aromatic rings. The molecule has 5 nitrogen and oxygen atoms in total. The summed E-state index contributed by atoms with van der Waals surface area (Å²) in [4.78, 5) is 25.6. The number of carboxylic acids is 1. The van der Waals surface area contributed by atoms with Crippen LogP contribution in [0.25, 0.3) is 0 Å². The first-order chi connectivity index (χ1) is 10.0. The van der Waals surface area contributed by atoms with Crippen molar-refractivity contribution >= 4 is 11.9 Å². The summed E-state index contributed by atoms with van der Waals surface area (Å²) in [6.45, 7) is 2.39. The summed E-state index contributed by atoms with van der Waals surface area (Å²) in [6, 6.07) is 4.50. The molecule has 1 atom stereocenters. The van der Waals surface area contributed by atoms with Crippen molar-refractivity contribution in [1.82, 2.24) is 4.90 Å². The number of rotatable bonds is 3. The highest BCUT2D eigenvalue weighted by atomic mass is 16.5. The van der Waals surface area contributed by atoms with E-state index in [1.165, 1.54) is 4.90 Å². The van der Waals surface area contributed by atoms with Crippen molar-refractivity contribution in [1.29, 1.82) is 0 Å². The van der Waals surface area contributed by atoms with Crippen molar-refractivity contribution in [3.8, 4) is 5.75 Å². The number of carbonyl (C=O) groups excluding carboxylic acids is 1. The zero-order chi connectivity index (χ0) is 15.4. The van der Waals surface area contributed by atoms with Crippen LogP contribution in [0.5, 0.6) is 5.75 Å². The van der Waals surface area contributed by atoms with E-state index in [-0.39, 0.29) is 5.91 Å². The van der Waals surface area contributed by atoms with Gasteiger partial charge in [0, 0.05) is 12.1 Å². The molecule has 0 spiro atoms. The Morgan fingerprint density at radius 2 is 2.05 bits per heavy atom. The molecule has 1 amide bonds. The van der Waals surface area contributed by atoms with Crippen molar-refractivity contribution in [3.63, 3.8) is 0 Å². The molecule has 1 aliphatic rings. The standard InChI is InChI=1S/C16H21NO4/c1-11-7-8-12(10-14(11)21-2)15(18)17-9-5-3-4-6-13(17)16(19)20/h7-8,10,13H,3-6,9H2,1-2H3,(H,19,20). The van der Waals surface area contributed by atoms with Gasteiger partial charge in [0.25, 0.3) is 5.91 Å². The number of likely N-dealkylation sites (tertiary alicyclic amines) is 1. The van der Waals surface area contributed by atoms with Crippen LogP contribution in [0.2, 0.25) is 0 Å². The number of aliphatic carboxylic acids is 1. The van der Waals surface area contributed by atoms with Gasteiger partial charge in [-0.05, 0) is 37.5 Å². The first-order valence-electron chi connectivity index (χ1n) is 7.23. The van der Waals surface area contributed by atoms with Crippen LogP contribution in [-0.4, -0.2) is 41.6 Å². The fourth-order valence-corrected chi connectivity index (χ4v) is 2.73. The smallest absolute Gasteiger partial charge is 0.326 e. The van der Waals surface area contributed by atoms with E-state index < -0.39 is 12.0 Å². The lowest BCUT2D eigenvalue weighted by atomic mass is 10.1. The summed E-state index contributed by atoms with van der Waals surface area (Å²) in [5.41, 5.74) is 1.42. The second-order valence-corrected chi connectivity index (χ2v) is 5.39. The van der Waals surface area contributed by atoms with Crippen LogP contribution in [0.1, 0.15) is 41.6 Å². The monoisotopic (exact) mass is 291 g/mol. The van der Waals surface area contributed by atoms with Crippen molar-refractivity contribution in [2.75, 3.05) is 13.7 Å². The molecule has 1 unspecified atom stereocenters. The van der Waals surface area contributed by atoms with E-state index in [0.717, 1.165) is 24.8 Å². The zero-order valence-corrected chi connectivity index (χ0v) is 12.5. The van der Waals surface area contributed by atoms with E-state index in [1.807, 2.05) is 13.0 Å². The van der Waals surface area contributed by atoms with Crippen molar-refractivity contribution in [3.05, 3.63) is 29.3 Å². The van der Waals surface area contributed by atoms with Crippen molar-refractivity contribution in [2.45, 2.75) is 38.6 Å². The predicted molar refractivity (Wildman–Crippen MR) is 78.7 cm³/mol. The van der Waals surface area contributed by atoms with Gasteiger partial charge in [-0.3, -0.25) is 4.79 Å². The molecule has 5 heteroatoms. The van der Waals surface area contributed by atoms with Gasteiger partial charge in [-0.1, -0.05) is 18.9 Å². The number of methoxy groups -OCH3 is 1. The maximum Gasteiger partial charge on any atom is 0.326 e. The molecule has 1 saturated heterocycles. The first-order valence-corrected chi connectivity index (χ1v) is 7.23. The Hall–Kier alpha value is -2.04. The van der Waals surface area contributed by atoms with Crippen LogP contribution in [0, 0.1) is 6.92 Å². The minimum Gasteiger partial charge on any atom is -0.496 e. The fourth-order valence-electron chi connectivity index (χ4n) is 2.73. The van der Waals surface area contributed by atoms with Crippen LogP contribution < -0.4 is 4.74 Å². The molecule has 0 radical (unpaired) electrons. The number of carbonyl (C=O) groups is 2. The zero-order valence-electron chi connectivity index (χ0n) is 12.5. The van der Waals surface area contributed by atoms with Crippen molar-refractivity contribution in [2.24, 2.45) is 0 Å². The minimum absolute atomic E-state index is 0.234. The van der Waals surface area contributed by atoms with Gasteiger partial charge in [0.1, 0.15) is 11.8 Å². The van der Waals surface area contributed by atoms with Gasteiger partial charge in [-0.2, -0.15) is 0 Å². The van der Waals surface area contributed by atoms with Gasteiger partial charge in [0.15, 0.2) is 0 Å². The largest absolute Gasteiger partial charge is 0.496 e. The molecule has 1 aliphatic heterocycles. The molecule has 1 heterocycles. The number of hydrogen-bond donors (Lipinski definition) is 1. The third kappa shape index (κ3) is 3.35. The number of carboxylic acid groups (broad SMARTS) is 1. The summed E-state index contributed by atoms with van der Waals surface area (Å²) in [5.74, 6) is -0.519. The topological polar surface area (TPSA) is 66.8 Å². The SMILES string of the molecule is COc1cc(C(=O)N2CCCCCC2C(=O)O)ccc1C. The van der Waals surface area contributed by atoms with Gasteiger partial charge in [-0.25, -0.2) is 4.79 Å². The minimum atomic E-state index is -0.927. The number of ether oxygens (including phenoxy) is 1. The van der Waals surface area contributed by atoms with Gasteiger partial charge in [-0.15, -0.1) is 0 Å². The number of benzene rings is 1. The lowest BCUT2D eigenvalue weighted by molar-refractivity contribution is -0.142. The molecular formula is C16H21NO4. The third-order valence-electron chi connectivity index (χ3n) is 3.95. The lowest BCUT2D eigenvalue weighted by Gasteiger charge is -2.27. The average Bonchev–Trinajstić information content (AvgIpc) is 2.72. The molecule has 114 valence electrons. The lowest BCUT2D eigenvalue weighted by Crippen LogP contribution is -2.44. The van der Waals surface area contributed by atoms with Gasteiger partial charge in [0.2, 0.25) is 0 Å². The summed E-state index contributed by atoms with van der Waals surface area (Å²) in [7, 11) is 1.56. The van der Waals surface area contributed by atoms with Crippen LogP contribution in [0.3, 0.4) is 0 Å². The molecular weight excluding hydrogens is 270 g/mol. The molecule has 0 saturated carbocycles. The Labute approximate surface area is 124 Å². The highest BCUT2D eigenvalue weighted by Crippen LogP contribution is 2.23. The van der Waals surface area contributed by atoms with Gasteiger partial charge in [0.05, 0.1) is 7.11 Å². The third-order valence-corrected chi connectivity index (χ3v) is 3.95. The summed E-state index contributed by atoms with van der Waals surface area (Å²) in [5, 5.41) is 9.36. The summed E-state index contributed by atoms with van der Waals surface area (Å²) in [6.07, 6.45) is 3.17. The van der Waals surface area contributed by atoms with E-state index in [9.17, 15) is 14.7 Å². The summed E-state index contributed by atoms with van der Waals surface area (Å²) < 4.78 is 5.24. The van der Waals surface area contributed by atoms with E-state index in [1.54, 1.807) is 19.2 Å². The van der Waals surface area contributed by atoms with Crippen LogP contribution in [0.15, 0.2) is 18.2 Å². The van der Waals surface area contributed by atoms with Crippen LogP contribution in [0.4, 0.5) is 0 Å². The first kappa shape index (κ1) is 15.4. The Kier molecular flexibility index (Phi) is 4.83. The summed E-state index contributed by atoms with van der Waals surface area (Å²) >= 11 is 0. The molecule has 21 heavy (non-hydrogen) atoms. The van der Waals surface area contributed by atoms with E-state index in [4.69, 9.17) is 4.74 Å². The van der Waals surface area contributed by atoms with E-state index >= 15 is 0 Å². The molecule has 0 bridgehead atoms. The number of hydrogen-bond acceptors (Lipinski definition) is 3.